The maximum atomic E-state index is 12.0. The van der Waals surface area contributed by atoms with Gasteiger partial charge >= 0.3 is 0 Å². The van der Waals surface area contributed by atoms with E-state index in [0.717, 1.165) is 17.1 Å². The largest absolute Gasteiger partial charge is 0.484 e. The van der Waals surface area contributed by atoms with Gasteiger partial charge in [-0.3, -0.25) is 4.79 Å². The van der Waals surface area contributed by atoms with Crippen LogP contribution in [0.5, 0.6) is 5.75 Å². The van der Waals surface area contributed by atoms with Crippen LogP contribution < -0.4 is 10.1 Å². The molecule has 2 heterocycles. The Morgan fingerprint density at radius 3 is 2.67 bits per heavy atom. The van der Waals surface area contributed by atoms with Crippen LogP contribution in [0, 0.1) is 0 Å². The molecule has 3 aromatic rings. The number of rotatable bonds is 6. The molecule has 0 bridgehead atoms. The van der Waals surface area contributed by atoms with Gasteiger partial charge in [0.1, 0.15) is 18.2 Å². The minimum Gasteiger partial charge on any atom is -0.484 e. The molecule has 4 rings (SSSR count). The summed E-state index contributed by atoms with van der Waals surface area (Å²) < 4.78 is 13.4. The number of ether oxygens (including phenoxy) is 2. The molecule has 1 aromatic heterocycles. The molecule has 138 valence electrons. The second kappa shape index (κ2) is 8.05. The third-order valence-corrected chi connectivity index (χ3v) is 4.42. The molecule has 0 unspecified atom stereocenters. The van der Waals surface area contributed by atoms with Crippen LogP contribution in [0.15, 0.2) is 66.9 Å². The molecule has 0 fully saturated rings. The molecule has 0 saturated carbocycles. The highest BCUT2D eigenvalue weighted by molar-refractivity contribution is 5.77. The normalized spacial score (nSPS) is 15.8. The Labute approximate surface area is 157 Å². The fourth-order valence-electron chi connectivity index (χ4n) is 3.01. The van der Waals surface area contributed by atoms with Crippen LogP contribution in [0.3, 0.4) is 0 Å². The molecule has 2 aromatic carbocycles. The fraction of sp³-hybridized carbons (Fsp3) is 0.238. The third kappa shape index (κ3) is 4.35. The van der Waals surface area contributed by atoms with Gasteiger partial charge in [-0.05, 0) is 12.1 Å². The number of amides is 1. The number of para-hydroxylation sites is 1. The van der Waals surface area contributed by atoms with E-state index < -0.39 is 0 Å². The first kappa shape index (κ1) is 17.3. The van der Waals surface area contributed by atoms with Gasteiger partial charge in [-0.25, -0.2) is 4.98 Å². The number of imidazole rings is 1. The van der Waals surface area contributed by atoms with Crippen LogP contribution in [0.1, 0.15) is 5.82 Å². The summed E-state index contributed by atoms with van der Waals surface area (Å²) in [4.78, 5) is 16.6. The Kier molecular flexibility index (Phi) is 5.16. The van der Waals surface area contributed by atoms with E-state index in [-0.39, 0.29) is 18.6 Å². The van der Waals surface area contributed by atoms with Crippen molar-refractivity contribution in [2.75, 3.05) is 13.2 Å². The van der Waals surface area contributed by atoms with Crippen LogP contribution >= 0.6 is 0 Å². The summed E-state index contributed by atoms with van der Waals surface area (Å²) in [7, 11) is 0. The Balaban J connectivity index is 1.28. The molecule has 6 heteroatoms. The van der Waals surface area contributed by atoms with Gasteiger partial charge in [-0.2, -0.15) is 0 Å². The predicted octanol–water partition coefficient (Wildman–Crippen LogP) is 2.64. The molecule has 1 atom stereocenters. The van der Waals surface area contributed by atoms with Gasteiger partial charge in [-0.15, -0.1) is 0 Å². The Morgan fingerprint density at radius 2 is 1.89 bits per heavy atom. The average molecular weight is 363 g/mol. The van der Waals surface area contributed by atoms with Gasteiger partial charge in [0.15, 0.2) is 6.61 Å². The Morgan fingerprint density at radius 1 is 1.15 bits per heavy atom. The van der Waals surface area contributed by atoms with Crippen molar-refractivity contribution in [1.29, 1.82) is 0 Å². The Hall–Kier alpha value is -3.12. The summed E-state index contributed by atoms with van der Waals surface area (Å²) in [6, 6.07) is 19.4. The van der Waals surface area contributed by atoms with Crippen molar-refractivity contribution in [2.45, 2.75) is 19.3 Å². The van der Waals surface area contributed by atoms with E-state index in [1.54, 1.807) is 0 Å². The first-order chi connectivity index (χ1) is 13.3. The van der Waals surface area contributed by atoms with Crippen LogP contribution in [-0.4, -0.2) is 34.7 Å². The Bertz CT molecular complexity index is 894. The third-order valence-electron chi connectivity index (χ3n) is 4.42. The van der Waals surface area contributed by atoms with Crippen molar-refractivity contribution in [3.63, 3.8) is 0 Å². The second-order valence-corrected chi connectivity index (χ2v) is 6.40. The van der Waals surface area contributed by atoms with Crippen LogP contribution in [0.4, 0.5) is 0 Å². The first-order valence-electron chi connectivity index (χ1n) is 8.95. The first-order valence-corrected chi connectivity index (χ1v) is 8.95. The molecule has 1 aliphatic rings. The van der Waals surface area contributed by atoms with Crippen molar-refractivity contribution in [2.24, 2.45) is 0 Å². The molecule has 0 aliphatic carbocycles. The van der Waals surface area contributed by atoms with E-state index in [1.165, 1.54) is 0 Å². The molecule has 1 amide bonds. The molecule has 6 nitrogen and oxygen atoms in total. The minimum absolute atomic E-state index is 0.00872. The monoisotopic (exact) mass is 363 g/mol. The zero-order valence-electron chi connectivity index (χ0n) is 14.9. The van der Waals surface area contributed by atoms with Crippen LogP contribution in [0.2, 0.25) is 0 Å². The zero-order chi connectivity index (χ0) is 18.5. The van der Waals surface area contributed by atoms with Gasteiger partial charge in [0.2, 0.25) is 0 Å². The van der Waals surface area contributed by atoms with Crippen molar-refractivity contribution in [3.8, 4) is 17.0 Å². The van der Waals surface area contributed by atoms with Gasteiger partial charge in [0.25, 0.3) is 5.91 Å². The van der Waals surface area contributed by atoms with E-state index in [0.29, 0.717) is 25.4 Å². The number of nitrogens with zero attached hydrogens (tertiary/aromatic N) is 2. The van der Waals surface area contributed by atoms with E-state index >= 15 is 0 Å². The van der Waals surface area contributed by atoms with Gasteiger partial charge in [0, 0.05) is 18.3 Å². The van der Waals surface area contributed by atoms with Crippen LogP contribution in [0.25, 0.3) is 11.3 Å². The molecular formula is C21H21N3O3. The van der Waals surface area contributed by atoms with E-state index in [1.807, 2.05) is 66.9 Å². The molecule has 0 saturated heterocycles. The number of benzene rings is 2. The number of nitrogens with one attached hydrogen (secondary N) is 1. The lowest BCUT2D eigenvalue weighted by Crippen LogP contribution is -2.40. The highest BCUT2D eigenvalue weighted by atomic mass is 16.5. The quantitative estimate of drug-likeness (QED) is 0.731. The van der Waals surface area contributed by atoms with Crippen LogP contribution in [-0.2, 0) is 22.7 Å². The standard InChI is InChI=1S/C21H21N3O3/c25-21(15-27-17-9-5-2-6-10-17)22-11-18-12-24-13-19(23-20(24)14-26-18)16-7-3-1-4-8-16/h1-10,13,18H,11-12,14-15H2,(H,22,25)/t18-/m0/s1. The second-order valence-electron chi connectivity index (χ2n) is 6.40. The van der Waals surface area contributed by atoms with Crippen molar-refractivity contribution in [3.05, 3.63) is 72.7 Å². The van der Waals surface area contributed by atoms with E-state index in [9.17, 15) is 4.79 Å². The van der Waals surface area contributed by atoms with E-state index in [4.69, 9.17) is 9.47 Å². The number of hydrogen-bond acceptors (Lipinski definition) is 4. The number of carbonyl (C=O) groups is 1. The maximum absolute atomic E-state index is 12.0. The number of fused-ring (bicyclic) bond motifs is 1. The fourth-order valence-corrected chi connectivity index (χ4v) is 3.01. The minimum atomic E-state index is -0.163. The smallest absolute Gasteiger partial charge is 0.258 e. The average Bonchev–Trinajstić information content (AvgIpc) is 3.15. The summed E-state index contributed by atoms with van der Waals surface area (Å²) in [6.45, 7) is 1.53. The maximum Gasteiger partial charge on any atom is 0.258 e. The van der Waals surface area contributed by atoms with Gasteiger partial charge in [-0.1, -0.05) is 48.5 Å². The molecule has 27 heavy (non-hydrogen) atoms. The topological polar surface area (TPSA) is 65.4 Å². The molecular weight excluding hydrogens is 342 g/mol. The number of carbonyl (C=O) groups excluding carboxylic acids is 1. The lowest BCUT2D eigenvalue weighted by Gasteiger charge is -2.24. The predicted molar refractivity (Wildman–Crippen MR) is 101 cm³/mol. The van der Waals surface area contributed by atoms with Gasteiger partial charge < -0.3 is 19.4 Å². The number of hydrogen-bond donors (Lipinski definition) is 1. The van der Waals surface area contributed by atoms with Gasteiger partial charge in [0.05, 0.1) is 18.3 Å². The highest BCUT2D eigenvalue weighted by Crippen LogP contribution is 2.21. The summed E-state index contributed by atoms with van der Waals surface area (Å²) in [5.41, 5.74) is 2.03. The molecule has 1 N–H and O–H groups in total. The van der Waals surface area contributed by atoms with E-state index in [2.05, 4.69) is 14.9 Å². The van der Waals surface area contributed by atoms with Crippen molar-refractivity contribution in [1.82, 2.24) is 14.9 Å². The summed E-state index contributed by atoms with van der Waals surface area (Å²) in [5, 5.41) is 2.87. The van der Waals surface area contributed by atoms with Crippen molar-refractivity contribution < 1.29 is 14.3 Å². The molecule has 1 aliphatic heterocycles. The summed E-state index contributed by atoms with van der Waals surface area (Å²) >= 11 is 0. The van der Waals surface area contributed by atoms with Crippen molar-refractivity contribution >= 4 is 5.91 Å². The SMILES string of the molecule is O=C(COc1ccccc1)NC[C@H]1Cn2cc(-c3ccccc3)nc2CO1. The highest BCUT2D eigenvalue weighted by Gasteiger charge is 2.21. The summed E-state index contributed by atoms with van der Waals surface area (Å²) in [6.07, 6.45) is 1.96. The zero-order valence-corrected chi connectivity index (χ0v) is 14.9. The molecule has 0 radical (unpaired) electrons. The molecule has 0 spiro atoms. The number of aromatic nitrogens is 2. The lowest BCUT2D eigenvalue weighted by atomic mass is 10.2. The lowest BCUT2D eigenvalue weighted by molar-refractivity contribution is -0.124. The summed E-state index contributed by atoms with van der Waals surface area (Å²) in [5.74, 6) is 1.42.